The Labute approximate surface area is 136 Å². The normalized spacial score (nSPS) is 9.83. The number of urea groups is 1. The molecule has 0 atom stereocenters. The number of hydrogen-bond acceptors (Lipinski definition) is 6. The third-order valence-electron chi connectivity index (χ3n) is 2.50. The van der Waals surface area contributed by atoms with Crippen molar-refractivity contribution in [3.8, 4) is 0 Å². The highest BCUT2D eigenvalue weighted by Gasteiger charge is 2.22. The molecule has 3 amide bonds. The lowest BCUT2D eigenvalue weighted by Crippen LogP contribution is -2.41. The van der Waals surface area contributed by atoms with Gasteiger partial charge in [-0.15, -0.1) is 0 Å². The van der Waals surface area contributed by atoms with Crippen molar-refractivity contribution < 1.29 is 24.0 Å². The predicted molar refractivity (Wildman–Crippen MR) is 80.2 cm³/mol. The molecule has 23 heavy (non-hydrogen) atoms. The molecule has 0 heterocycles. The zero-order chi connectivity index (χ0) is 17.4. The zero-order valence-electron chi connectivity index (χ0n) is 12.1. The van der Waals surface area contributed by atoms with Crippen molar-refractivity contribution in [3.63, 3.8) is 0 Å². The molecule has 0 radical (unpaired) electrons. The summed E-state index contributed by atoms with van der Waals surface area (Å²) in [5.41, 5.74) is -0.883. The number of benzene rings is 1. The molecule has 124 valence electrons. The largest absolute Gasteiger partial charge is 0.452 e. The van der Waals surface area contributed by atoms with Crippen molar-refractivity contribution in [1.29, 1.82) is 0 Å². The number of imide groups is 1. The van der Waals surface area contributed by atoms with Crippen LogP contribution in [0.2, 0.25) is 5.02 Å². The van der Waals surface area contributed by atoms with Crippen LogP contribution in [0.25, 0.3) is 0 Å². The van der Waals surface area contributed by atoms with Gasteiger partial charge in [-0.2, -0.15) is 0 Å². The van der Waals surface area contributed by atoms with Gasteiger partial charge in [0.2, 0.25) is 0 Å². The van der Waals surface area contributed by atoms with Crippen molar-refractivity contribution in [2.45, 2.75) is 13.3 Å². The Hall–Kier alpha value is -2.68. The molecule has 1 aromatic rings. The van der Waals surface area contributed by atoms with Crippen LogP contribution in [-0.2, 0) is 9.53 Å². The molecule has 0 aliphatic rings. The first-order valence-electron chi connectivity index (χ1n) is 6.54. The van der Waals surface area contributed by atoms with Crippen molar-refractivity contribution in [1.82, 2.24) is 10.6 Å². The lowest BCUT2D eigenvalue weighted by Gasteiger charge is -2.07. The monoisotopic (exact) mass is 343 g/mol. The number of hydrogen-bond donors (Lipinski definition) is 2. The summed E-state index contributed by atoms with van der Waals surface area (Å²) >= 11 is 5.63. The molecule has 0 aromatic heterocycles. The van der Waals surface area contributed by atoms with E-state index in [9.17, 15) is 24.5 Å². The molecule has 0 fully saturated rings. The maximum Gasteiger partial charge on any atom is 0.345 e. The average Bonchev–Trinajstić information content (AvgIpc) is 2.50. The van der Waals surface area contributed by atoms with Crippen LogP contribution in [-0.4, -0.2) is 36.0 Å². The van der Waals surface area contributed by atoms with Gasteiger partial charge in [-0.25, -0.2) is 9.59 Å². The van der Waals surface area contributed by atoms with Crippen molar-refractivity contribution in [2.24, 2.45) is 0 Å². The van der Waals surface area contributed by atoms with E-state index in [-0.39, 0.29) is 10.6 Å². The SMILES string of the molecule is CCCNC(=O)NC(=O)COC(=O)c1ccc(Cl)cc1[N+](=O)[O-]. The van der Waals surface area contributed by atoms with Gasteiger partial charge in [0.25, 0.3) is 11.6 Å². The van der Waals surface area contributed by atoms with E-state index in [4.69, 9.17) is 11.6 Å². The molecule has 9 nitrogen and oxygen atoms in total. The van der Waals surface area contributed by atoms with Gasteiger partial charge in [0.1, 0.15) is 5.56 Å². The van der Waals surface area contributed by atoms with Gasteiger partial charge in [0, 0.05) is 17.6 Å². The van der Waals surface area contributed by atoms with Crippen LogP contribution in [0.4, 0.5) is 10.5 Å². The van der Waals surface area contributed by atoms with Gasteiger partial charge < -0.3 is 10.1 Å². The summed E-state index contributed by atoms with van der Waals surface area (Å²) in [4.78, 5) is 44.5. The first kappa shape index (κ1) is 18.4. The Morgan fingerprint density at radius 2 is 2.04 bits per heavy atom. The standard InChI is InChI=1S/C13H14ClN3O6/c1-2-5-15-13(20)16-11(18)7-23-12(19)9-4-3-8(14)6-10(9)17(21)22/h3-4,6H,2,5,7H2,1H3,(H2,15,16,18,20). The highest BCUT2D eigenvalue weighted by atomic mass is 35.5. The van der Waals surface area contributed by atoms with Gasteiger partial charge in [0.15, 0.2) is 6.61 Å². The van der Waals surface area contributed by atoms with Gasteiger partial charge in [0.05, 0.1) is 4.92 Å². The summed E-state index contributed by atoms with van der Waals surface area (Å²) in [6.45, 7) is 1.47. The smallest absolute Gasteiger partial charge is 0.345 e. The van der Waals surface area contributed by atoms with Crippen molar-refractivity contribution >= 4 is 35.2 Å². The van der Waals surface area contributed by atoms with Crippen LogP contribution < -0.4 is 10.6 Å². The number of nitro benzene ring substituents is 1. The van der Waals surface area contributed by atoms with Gasteiger partial charge in [-0.3, -0.25) is 20.2 Å². The third-order valence-corrected chi connectivity index (χ3v) is 2.73. The molecule has 0 saturated carbocycles. The maximum atomic E-state index is 11.8. The minimum absolute atomic E-state index is 0.0820. The molecule has 2 N–H and O–H groups in total. The summed E-state index contributed by atoms with van der Waals surface area (Å²) < 4.78 is 4.65. The van der Waals surface area contributed by atoms with E-state index in [1.165, 1.54) is 6.07 Å². The van der Waals surface area contributed by atoms with E-state index < -0.39 is 35.1 Å². The van der Waals surface area contributed by atoms with Crippen LogP contribution in [0.5, 0.6) is 0 Å². The van der Waals surface area contributed by atoms with E-state index in [0.29, 0.717) is 13.0 Å². The predicted octanol–water partition coefficient (Wildman–Crippen LogP) is 1.64. The number of nitrogens with one attached hydrogen (secondary N) is 2. The quantitative estimate of drug-likeness (QED) is 0.459. The Morgan fingerprint density at radius 1 is 1.35 bits per heavy atom. The average molecular weight is 344 g/mol. The van der Waals surface area contributed by atoms with Crippen LogP contribution in [0.1, 0.15) is 23.7 Å². The Morgan fingerprint density at radius 3 is 2.65 bits per heavy atom. The lowest BCUT2D eigenvalue weighted by atomic mass is 10.2. The van der Waals surface area contributed by atoms with Crippen LogP contribution in [0.3, 0.4) is 0 Å². The number of ether oxygens (including phenoxy) is 1. The van der Waals surface area contributed by atoms with Crippen molar-refractivity contribution in [3.05, 3.63) is 38.9 Å². The molecular weight excluding hydrogens is 330 g/mol. The first-order chi connectivity index (χ1) is 10.8. The van der Waals surface area contributed by atoms with Crippen LogP contribution in [0, 0.1) is 10.1 Å². The number of carbonyl (C=O) groups excluding carboxylic acids is 3. The molecule has 0 unspecified atom stereocenters. The first-order valence-corrected chi connectivity index (χ1v) is 6.91. The Kier molecular flexibility index (Phi) is 6.94. The van der Waals surface area contributed by atoms with E-state index in [2.05, 4.69) is 10.1 Å². The van der Waals surface area contributed by atoms with Crippen molar-refractivity contribution in [2.75, 3.05) is 13.2 Å². The fourth-order valence-electron chi connectivity index (χ4n) is 1.48. The fraction of sp³-hybridized carbons (Fsp3) is 0.308. The van der Waals surface area contributed by atoms with E-state index >= 15 is 0 Å². The van der Waals surface area contributed by atoms with Gasteiger partial charge >= 0.3 is 12.0 Å². The zero-order valence-corrected chi connectivity index (χ0v) is 12.9. The number of nitro groups is 1. The highest BCUT2D eigenvalue weighted by molar-refractivity contribution is 6.31. The highest BCUT2D eigenvalue weighted by Crippen LogP contribution is 2.23. The Bertz CT molecular complexity index is 634. The summed E-state index contributed by atoms with van der Waals surface area (Å²) in [6.07, 6.45) is 0.691. The lowest BCUT2D eigenvalue weighted by molar-refractivity contribution is -0.385. The van der Waals surface area contributed by atoms with Crippen LogP contribution >= 0.6 is 11.6 Å². The van der Waals surface area contributed by atoms with Gasteiger partial charge in [-0.05, 0) is 18.6 Å². The number of halogens is 1. The molecule has 1 aromatic carbocycles. The minimum Gasteiger partial charge on any atom is -0.452 e. The maximum absolute atomic E-state index is 11.8. The Balaban J connectivity index is 2.62. The molecule has 0 aliphatic carbocycles. The summed E-state index contributed by atoms with van der Waals surface area (Å²) in [5, 5.41) is 15.3. The molecule has 0 aliphatic heterocycles. The number of amides is 3. The molecule has 0 bridgehead atoms. The van der Waals surface area contributed by atoms with Gasteiger partial charge in [-0.1, -0.05) is 18.5 Å². The molecule has 0 spiro atoms. The summed E-state index contributed by atoms with van der Waals surface area (Å²) in [5.74, 6) is -1.93. The van der Waals surface area contributed by atoms with E-state index in [0.717, 1.165) is 12.1 Å². The van der Waals surface area contributed by atoms with Crippen LogP contribution in [0.15, 0.2) is 18.2 Å². The second-order valence-electron chi connectivity index (χ2n) is 4.30. The molecular formula is C13H14ClN3O6. The van der Waals surface area contributed by atoms with E-state index in [1.807, 2.05) is 12.2 Å². The third kappa shape index (κ3) is 5.91. The fourth-order valence-corrected chi connectivity index (χ4v) is 1.65. The number of carbonyl (C=O) groups is 3. The topological polar surface area (TPSA) is 128 Å². The second kappa shape index (κ2) is 8.69. The van der Waals surface area contributed by atoms with E-state index in [1.54, 1.807) is 0 Å². The molecule has 10 heteroatoms. The summed E-state index contributed by atoms with van der Waals surface area (Å²) in [6, 6.07) is 2.68. The number of rotatable bonds is 6. The molecule has 0 saturated heterocycles. The molecule has 1 rings (SSSR count). The number of esters is 1. The number of nitrogens with zero attached hydrogens (tertiary/aromatic N) is 1. The second-order valence-corrected chi connectivity index (χ2v) is 4.74. The minimum atomic E-state index is -1.07. The summed E-state index contributed by atoms with van der Waals surface area (Å²) in [7, 11) is 0.